The van der Waals surface area contributed by atoms with E-state index in [1.54, 1.807) is 38.5 Å². The molecule has 0 fully saturated rings. The van der Waals surface area contributed by atoms with Gasteiger partial charge in [0.05, 0.1) is 44.8 Å². The molecule has 0 aliphatic heterocycles. The minimum Gasteiger partial charge on any atom is -0.497 e. The average molecular weight is 395 g/mol. The summed E-state index contributed by atoms with van der Waals surface area (Å²) in [4.78, 5) is 12.3. The molecule has 2 rings (SSSR count). The maximum absolute atomic E-state index is 12.3. The highest BCUT2D eigenvalue weighted by atomic mass is 35.5. The topological polar surface area (TPSA) is 78.1 Å². The lowest BCUT2D eigenvalue weighted by Gasteiger charge is -2.14. The lowest BCUT2D eigenvalue weighted by molar-refractivity contribution is -0.116. The summed E-state index contributed by atoms with van der Waals surface area (Å²) in [7, 11) is 6.18. The van der Waals surface area contributed by atoms with Crippen LogP contribution in [-0.4, -0.2) is 40.9 Å². The summed E-state index contributed by atoms with van der Waals surface area (Å²) in [6.45, 7) is 0.405. The second kappa shape index (κ2) is 9.78. The highest BCUT2D eigenvalue weighted by molar-refractivity contribution is 6.32. The number of carbonyl (C=O) groups is 1. The third-order valence-electron chi connectivity index (χ3n) is 3.82. The van der Waals surface area contributed by atoms with Crippen molar-refractivity contribution < 1.29 is 23.7 Å². The average Bonchev–Trinajstić information content (AvgIpc) is 2.68. The zero-order valence-electron chi connectivity index (χ0n) is 15.7. The van der Waals surface area contributed by atoms with E-state index in [2.05, 4.69) is 10.6 Å². The molecular formula is C19H23ClN2O5. The number of rotatable bonds is 9. The van der Waals surface area contributed by atoms with Crippen LogP contribution in [0.5, 0.6) is 23.0 Å². The first-order valence-corrected chi connectivity index (χ1v) is 8.57. The normalized spacial score (nSPS) is 10.1. The van der Waals surface area contributed by atoms with E-state index in [0.29, 0.717) is 40.3 Å². The molecule has 0 unspecified atom stereocenters. The Hall–Kier alpha value is -2.80. The van der Waals surface area contributed by atoms with Gasteiger partial charge < -0.3 is 29.6 Å². The molecule has 27 heavy (non-hydrogen) atoms. The van der Waals surface area contributed by atoms with Crippen molar-refractivity contribution in [2.24, 2.45) is 0 Å². The minimum absolute atomic E-state index is 0.188. The molecule has 2 aromatic rings. The molecule has 0 bridgehead atoms. The highest BCUT2D eigenvalue weighted by Crippen LogP contribution is 2.36. The van der Waals surface area contributed by atoms with E-state index in [0.717, 1.165) is 5.69 Å². The first-order valence-electron chi connectivity index (χ1n) is 8.19. The molecule has 2 aromatic carbocycles. The van der Waals surface area contributed by atoms with Gasteiger partial charge in [0.25, 0.3) is 0 Å². The number of carbonyl (C=O) groups excluding carboxylic acids is 1. The number of methoxy groups -OCH3 is 4. The van der Waals surface area contributed by atoms with Crippen LogP contribution in [0.15, 0.2) is 30.3 Å². The highest BCUT2D eigenvalue weighted by Gasteiger charge is 2.13. The molecule has 7 nitrogen and oxygen atoms in total. The van der Waals surface area contributed by atoms with Gasteiger partial charge in [0.2, 0.25) is 5.91 Å². The zero-order chi connectivity index (χ0) is 19.8. The summed E-state index contributed by atoms with van der Waals surface area (Å²) >= 11 is 6.07. The van der Waals surface area contributed by atoms with Gasteiger partial charge in [-0.05, 0) is 12.1 Å². The Morgan fingerprint density at radius 1 is 0.889 bits per heavy atom. The van der Waals surface area contributed by atoms with Gasteiger partial charge in [-0.25, -0.2) is 0 Å². The summed E-state index contributed by atoms with van der Waals surface area (Å²) < 4.78 is 20.9. The third kappa shape index (κ3) is 5.34. The van der Waals surface area contributed by atoms with Crippen molar-refractivity contribution in [3.05, 3.63) is 35.4 Å². The van der Waals surface area contributed by atoms with E-state index in [4.69, 9.17) is 30.5 Å². The maximum atomic E-state index is 12.3. The molecule has 146 valence electrons. The maximum Gasteiger partial charge on any atom is 0.226 e. The lowest BCUT2D eigenvalue weighted by Crippen LogP contribution is -2.17. The molecule has 8 heteroatoms. The number of hydrogen-bond donors (Lipinski definition) is 2. The molecule has 0 aromatic heterocycles. The Kier molecular flexibility index (Phi) is 7.43. The van der Waals surface area contributed by atoms with Crippen molar-refractivity contribution in [2.45, 2.75) is 6.42 Å². The lowest BCUT2D eigenvalue weighted by atomic mass is 10.2. The summed E-state index contributed by atoms with van der Waals surface area (Å²) in [5.41, 5.74) is 1.23. The summed E-state index contributed by atoms with van der Waals surface area (Å²) in [5.74, 6) is 2.08. The van der Waals surface area contributed by atoms with Crippen LogP contribution in [-0.2, 0) is 4.79 Å². The van der Waals surface area contributed by atoms with Crippen LogP contribution >= 0.6 is 11.6 Å². The van der Waals surface area contributed by atoms with Crippen molar-refractivity contribution in [1.82, 2.24) is 0 Å². The van der Waals surface area contributed by atoms with Crippen molar-refractivity contribution >= 4 is 28.9 Å². The van der Waals surface area contributed by atoms with E-state index in [9.17, 15) is 4.79 Å². The fourth-order valence-electron chi connectivity index (χ4n) is 2.43. The molecule has 0 aliphatic rings. The molecular weight excluding hydrogens is 372 g/mol. The summed E-state index contributed by atoms with van der Waals surface area (Å²) in [5, 5.41) is 6.38. The fourth-order valence-corrected chi connectivity index (χ4v) is 2.66. The van der Waals surface area contributed by atoms with Gasteiger partial charge in [-0.15, -0.1) is 0 Å². The monoisotopic (exact) mass is 394 g/mol. The number of benzene rings is 2. The molecule has 0 radical (unpaired) electrons. The quantitative estimate of drug-likeness (QED) is 0.673. The van der Waals surface area contributed by atoms with Gasteiger partial charge in [0.1, 0.15) is 23.0 Å². The van der Waals surface area contributed by atoms with Crippen LogP contribution in [0.3, 0.4) is 0 Å². The Morgan fingerprint density at radius 2 is 1.59 bits per heavy atom. The predicted octanol–water partition coefficient (Wildman–Crippen LogP) is 3.82. The molecule has 0 atom stereocenters. The van der Waals surface area contributed by atoms with Crippen LogP contribution < -0.4 is 29.6 Å². The molecule has 0 aliphatic carbocycles. The third-order valence-corrected chi connectivity index (χ3v) is 4.12. The van der Waals surface area contributed by atoms with Gasteiger partial charge in [-0.3, -0.25) is 4.79 Å². The van der Waals surface area contributed by atoms with Crippen LogP contribution in [0.4, 0.5) is 11.4 Å². The van der Waals surface area contributed by atoms with Crippen molar-refractivity contribution in [2.75, 3.05) is 45.6 Å². The molecule has 0 spiro atoms. The zero-order valence-corrected chi connectivity index (χ0v) is 16.5. The SMILES string of the molecule is COc1ccc(OC)c(NCCC(=O)Nc2cc(OC)c(Cl)cc2OC)c1. The van der Waals surface area contributed by atoms with Crippen LogP contribution in [0, 0.1) is 0 Å². The Balaban J connectivity index is 1.99. The van der Waals surface area contributed by atoms with E-state index < -0.39 is 0 Å². The van der Waals surface area contributed by atoms with Crippen LogP contribution in [0.25, 0.3) is 0 Å². The van der Waals surface area contributed by atoms with Crippen LogP contribution in [0.1, 0.15) is 6.42 Å². The number of hydrogen-bond acceptors (Lipinski definition) is 6. The Bertz CT molecular complexity index is 798. The number of halogens is 1. The smallest absolute Gasteiger partial charge is 0.226 e. The van der Waals surface area contributed by atoms with E-state index in [1.165, 1.54) is 14.2 Å². The van der Waals surface area contributed by atoms with Crippen LogP contribution in [0.2, 0.25) is 5.02 Å². The molecule has 0 saturated carbocycles. The van der Waals surface area contributed by atoms with Crippen molar-refractivity contribution in [3.8, 4) is 23.0 Å². The van der Waals surface area contributed by atoms with Gasteiger partial charge in [-0.1, -0.05) is 11.6 Å². The molecule has 2 N–H and O–H groups in total. The molecule has 0 saturated heterocycles. The van der Waals surface area contributed by atoms with Gasteiger partial charge in [0.15, 0.2) is 0 Å². The predicted molar refractivity (Wildman–Crippen MR) is 106 cm³/mol. The Morgan fingerprint density at radius 3 is 2.22 bits per heavy atom. The Labute approximate surface area is 163 Å². The number of amides is 1. The van der Waals surface area contributed by atoms with Gasteiger partial charge in [0, 0.05) is 31.2 Å². The number of anilines is 2. The second-order valence-corrected chi connectivity index (χ2v) is 5.89. The number of ether oxygens (including phenoxy) is 4. The molecule has 1 amide bonds. The van der Waals surface area contributed by atoms with Crippen molar-refractivity contribution in [1.29, 1.82) is 0 Å². The van der Waals surface area contributed by atoms with E-state index >= 15 is 0 Å². The van der Waals surface area contributed by atoms with E-state index in [-0.39, 0.29) is 12.3 Å². The largest absolute Gasteiger partial charge is 0.497 e. The fraction of sp³-hybridized carbons (Fsp3) is 0.316. The van der Waals surface area contributed by atoms with E-state index in [1.807, 2.05) is 6.07 Å². The first kappa shape index (κ1) is 20.5. The number of nitrogens with one attached hydrogen (secondary N) is 2. The summed E-state index contributed by atoms with van der Waals surface area (Å²) in [6.07, 6.45) is 0.231. The summed E-state index contributed by atoms with van der Waals surface area (Å²) in [6, 6.07) is 8.62. The standard InChI is InChI=1S/C19H23ClN2O5/c1-24-12-5-6-16(25-2)14(9-12)21-8-7-19(23)22-15-11-17(26-3)13(20)10-18(15)27-4/h5-6,9-11,21H,7-8H2,1-4H3,(H,22,23). The van der Waals surface area contributed by atoms with Crippen molar-refractivity contribution in [3.63, 3.8) is 0 Å². The second-order valence-electron chi connectivity index (χ2n) is 5.48. The minimum atomic E-state index is -0.188. The van der Waals surface area contributed by atoms with Gasteiger partial charge in [-0.2, -0.15) is 0 Å². The first-order chi connectivity index (χ1) is 13.0. The molecule has 0 heterocycles. The van der Waals surface area contributed by atoms with Gasteiger partial charge >= 0.3 is 0 Å².